The van der Waals surface area contributed by atoms with Crippen LogP contribution in [-0.4, -0.2) is 0 Å². The Hall–Kier alpha value is -0.520. The first-order valence-electron chi connectivity index (χ1n) is 4.82. The molecule has 0 spiro atoms. The van der Waals surface area contributed by atoms with E-state index in [-0.39, 0.29) is 5.41 Å². The maximum atomic E-state index is 4.21. The topological polar surface area (TPSA) is 0 Å². The van der Waals surface area contributed by atoms with Crippen molar-refractivity contribution in [1.29, 1.82) is 0 Å². The molecule has 1 atom stereocenters. The van der Waals surface area contributed by atoms with E-state index in [1.165, 1.54) is 5.57 Å². The molecule has 0 heterocycles. The Labute approximate surface area is 76.4 Å². The molecule has 0 bridgehead atoms. The highest BCUT2D eigenvalue weighted by Crippen LogP contribution is 2.33. The molecule has 1 rings (SSSR count). The predicted molar refractivity (Wildman–Crippen MR) is 54.8 cm³/mol. The van der Waals surface area contributed by atoms with Gasteiger partial charge in [-0.05, 0) is 36.7 Å². The summed E-state index contributed by atoms with van der Waals surface area (Å²) in [6.45, 7) is 10.9. The second-order valence-corrected chi connectivity index (χ2v) is 4.11. The smallest absolute Gasteiger partial charge is 0.00826 e. The van der Waals surface area contributed by atoms with Gasteiger partial charge in [-0.25, -0.2) is 0 Å². The van der Waals surface area contributed by atoms with Crippen LogP contribution in [0.5, 0.6) is 0 Å². The normalized spacial score (nSPS) is 29.2. The lowest BCUT2D eigenvalue weighted by Gasteiger charge is -2.27. The third-order valence-electron chi connectivity index (χ3n) is 2.74. The lowest BCUT2D eigenvalue weighted by atomic mass is 9.78. The summed E-state index contributed by atoms with van der Waals surface area (Å²) < 4.78 is 0. The van der Waals surface area contributed by atoms with E-state index in [2.05, 4.69) is 45.9 Å². The number of hydrogen-bond acceptors (Lipinski definition) is 0. The van der Waals surface area contributed by atoms with Crippen LogP contribution < -0.4 is 0 Å². The van der Waals surface area contributed by atoms with Gasteiger partial charge in [0.05, 0.1) is 0 Å². The molecule has 0 nitrogen and oxygen atoms in total. The molecule has 0 saturated carbocycles. The van der Waals surface area contributed by atoms with Gasteiger partial charge in [0.25, 0.3) is 0 Å². The highest BCUT2D eigenvalue weighted by atomic mass is 14.2. The Morgan fingerprint density at radius 3 is 2.58 bits per heavy atom. The lowest BCUT2D eigenvalue weighted by molar-refractivity contribution is 0.466. The summed E-state index contributed by atoms with van der Waals surface area (Å²) in [4.78, 5) is 0. The molecule has 0 fully saturated rings. The average Bonchev–Trinajstić information content (AvgIpc) is 2.05. The fourth-order valence-corrected chi connectivity index (χ4v) is 1.42. The van der Waals surface area contributed by atoms with Crippen LogP contribution in [0.15, 0.2) is 23.8 Å². The maximum Gasteiger partial charge on any atom is -0.00826 e. The van der Waals surface area contributed by atoms with Gasteiger partial charge >= 0.3 is 0 Å². The Morgan fingerprint density at radius 2 is 2.25 bits per heavy atom. The van der Waals surface area contributed by atoms with Crippen molar-refractivity contribution in [3.8, 4) is 0 Å². The first-order valence-corrected chi connectivity index (χ1v) is 4.82. The van der Waals surface area contributed by atoms with Gasteiger partial charge in [0, 0.05) is 0 Å². The second-order valence-electron chi connectivity index (χ2n) is 4.11. The fourth-order valence-electron chi connectivity index (χ4n) is 1.42. The van der Waals surface area contributed by atoms with E-state index < -0.39 is 0 Å². The molecule has 1 radical (unpaired) electrons. The molecule has 0 amide bonds. The van der Waals surface area contributed by atoms with Gasteiger partial charge in [-0.2, -0.15) is 0 Å². The monoisotopic (exact) mass is 163 g/mol. The predicted octanol–water partition coefficient (Wildman–Crippen LogP) is 3.76. The minimum absolute atomic E-state index is 0.179. The molecule has 1 aliphatic rings. The van der Waals surface area contributed by atoms with Gasteiger partial charge in [-0.1, -0.05) is 39.0 Å². The first kappa shape index (κ1) is 9.57. The van der Waals surface area contributed by atoms with Crippen molar-refractivity contribution in [1.82, 2.24) is 0 Å². The van der Waals surface area contributed by atoms with Crippen molar-refractivity contribution < 1.29 is 0 Å². The zero-order chi connectivity index (χ0) is 9.19. The minimum atomic E-state index is 0.179. The summed E-state index contributed by atoms with van der Waals surface area (Å²) in [6.07, 6.45) is 9.08. The third kappa shape index (κ3) is 2.00. The van der Waals surface area contributed by atoms with Crippen LogP contribution in [0.25, 0.3) is 0 Å². The molecule has 0 N–H and O–H groups in total. The Morgan fingerprint density at radius 1 is 1.58 bits per heavy atom. The van der Waals surface area contributed by atoms with Crippen molar-refractivity contribution in [3.63, 3.8) is 0 Å². The molecule has 0 aromatic heterocycles. The van der Waals surface area contributed by atoms with Crippen LogP contribution >= 0.6 is 0 Å². The molecular formula is C12H19. The highest BCUT2D eigenvalue weighted by Gasteiger charge is 2.20. The molecule has 1 aliphatic carbocycles. The van der Waals surface area contributed by atoms with E-state index in [0.29, 0.717) is 5.92 Å². The fraction of sp³-hybridized carbons (Fsp3) is 0.583. The Kier molecular flexibility index (Phi) is 2.76. The molecule has 67 valence electrons. The average molecular weight is 163 g/mol. The summed E-state index contributed by atoms with van der Waals surface area (Å²) >= 11 is 0. The van der Waals surface area contributed by atoms with Gasteiger partial charge in [0.1, 0.15) is 0 Å². The van der Waals surface area contributed by atoms with Gasteiger partial charge in [-0.3, -0.25) is 0 Å². The van der Waals surface area contributed by atoms with Gasteiger partial charge < -0.3 is 0 Å². The van der Waals surface area contributed by atoms with E-state index in [9.17, 15) is 0 Å². The Bertz CT molecular complexity index is 208. The van der Waals surface area contributed by atoms with E-state index >= 15 is 0 Å². The molecule has 0 heteroatoms. The summed E-state index contributed by atoms with van der Waals surface area (Å²) in [5.41, 5.74) is 1.64. The van der Waals surface area contributed by atoms with Crippen molar-refractivity contribution in [2.45, 2.75) is 33.6 Å². The number of rotatable bonds is 2. The van der Waals surface area contributed by atoms with E-state index in [1.54, 1.807) is 0 Å². The SMILES string of the molecule is [CH2]C1(CC)C=CC(C(C)C)=CC1. The van der Waals surface area contributed by atoms with Crippen LogP contribution in [-0.2, 0) is 0 Å². The first-order chi connectivity index (χ1) is 5.57. The molecular weight excluding hydrogens is 144 g/mol. The quantitative estimate of drug-likeness (QED) is 0.581. The molecule has 0 aromatic carbocycles. The van der Waals surface area contributed by atoms with Gasteiger partial charge in [0.15, 0.2) is 0 Å². The van der Waals surface area contributed by atoms with Crippen LogP contribution in [0.1, 0.15) is 33.6 Å². The molecule has 12 heavy (non-hydrogen) atoms. The van der Waals surface area contributed by atoms with Crippen molar-refractivity contribution in [3.05, 3.63) is 30.7 Å². The molecule has 1 unspecified atom stereocenters. The zero-order valence-electron chi connectivity index (χ0n) is 8.43. The van der Waals surface area contributed by atoms with E-state index in [4.69, 9.17) is 0 Å². The number of hydrogen-bond donors (Lipinski definition) is 0. The molecule has 0 aliphatic heterocycles. The van der Waals surface area contributed by atoms with Crippen LogP contribution in [0.3, 0.4) is 0 Å². The van der Waals surface area contributed by atoms with E-state index in [0.717, 1.165) is 12.8 Å². The largest absolute Gasteiger partial charge is 0.0802 e. The van der Waals surface area contributed by atoms with Crippen LogP contribution in [0.4, 0.5) is 0 Å². The molecule has 0 aromatic rings. The Balaban J connectivity index is 2.67. The summed E-state index contributed by atoms with van der Waals surface area (Å²) in [5.74, 6) is 0.655. The van der Waals surface area contributed by atoms with E-state index in [1.807, 2.05) is 0 Å². The van der Waals surface area contributed by atoms with Crippen LogP contribution in [0.2, 0.25) is 0 Å². The maximum absolute atomic E-state index is 4.21. The van der Waals surface area contributed by atoms with Crippen molar-refractivity contribution >= 4 is 0 Å². The summed E-state index contributed by atoms with van der Waals surface area (Å²) in [6, 6.07) is 0. The summed E-state index contributed by atoms with van der Waals surface area (Å²) in [5, 5.41) is 0. The second kappa shape index (κ2) is 3.47. The van der Waals surface area contributed by atoms with Crippen molar-refractivity contribution in [2.24, 2.45) is 11.3 Å². The lowest BCUT2D eigenvalue weighted by Crippen LogP contribution is -2.14. The number of allylic oxidation sites excluding steroid dienone is 4. The molecule has 0 saturated heterocycles. The van der Waals surface area contributed by atoms with Gasteiger partial charge in [-0.15, -0.1) is 0 Å². The third-order valence-corrected chi connectivity index (χ3v) is 2.74. The highest BCUT2D eigenvalue weighted by molar-refractivity contribution is 5.28. The zero-order valence-corrected chi connectivity index (χ0v) is 8.43. The van der Waals surface area contributed by atoms with Crippen molar-refractivity contribution in [2.75, 3.05) is 0 Å². The van der Waals surface area contributed by atoms with Crippen LogP contribution in [0, 0.1) is 18.3 Å². The standard InChI is InChI=1S/C12H19/c1-5-12(4)8-6-11(7-9-12)10(2)3/h6-8,10H,4-5,9H2,1-3H3. The van der Waals surface area contributed by atoms with Gasteiger partial charge in [0.2, 0.25) is 0 Å². The summed E-state index contributed by atoms with van der Waals surface area (Å²) in [7, 11) is 0. The minimum Gasteiger partial charge on any atom is -0.0802 e.